The molecule has 3 aromatic carbocycles. The number of fused-ring (bicyclic) bond motifs is 3. The number of carbonyl (C=O) groups excluding carboxylic acids is 1. The van der Waals surface area contributed by atoms with Gasteiger partial charge in [0.25, 0.3) is 5.97 Å². The average Bonchev–Trinajstić information content (AvgIpc) is 3.10. The van der Waals surface area contributed by atoms with E-state index >= 15 is 0 Å². The third-order valence-electron chi connectivity index (χ3n) is 5.06. The molecule has 0 bridgehead atoms. The van der Waals surface area contributed by atoms with Crippen LogP contribution >= 0.6 is 11.6 Å². The lowest BCUT2D eigenvalue weighted by molar-refractivity contribution is -0.139. The van der Waals surface area contributed by atoms with Gasteiger partial charge in [-0.1, -0.05) is 72.3 Å². The Labute approximate surface area is 195 Å². The number of carboxylic acid groups (broad SMARTS) is 2. The largest absolute Gasteiger partial charge is 0.481 e. The van der Waals surface area contributed by atoms with Crippen molar-refractivity contribution in [2.75, 3.05) is 6.61 Å². The Morgan fingerprint density at radius 2 is 1.39 bits per heavy atom. The highest BCUT2D eigenvalue weighted by Crippen LogP contribution is 2.44. The van der Waals surface area contributed by atoms with E-state index in [0.29, 0.717) is 10.6 Å². The number of aliphatic carboxylic acids is 2. The first-order valence-corrected chi connectivity index (χ1v) is 10.4. The van der Waals surface area contributed by atoms with Gasteiger partial charge in [-0.15, -0.1) is 0 Å². The predicted molar refractivity (Wildman–Crippen MR) is 123 cm³/mol. The van der Waals surface area contributed by atoms with Gasteiger partial charge < -0.3 is 20.3 Å². The van der Waals surface area contributed by atoms with Crippen LogP contribution in [0.1, 0.15) is 35.6 Å². The monoisotopic (exact) mass is 467 g/mol. The molecule has 33 heavy (non-hydrogen) atoms. The maximum atomic E-state index is 12.4. The van der Waals surface area contributed by atoms with Gasteiger partial charge in [-0.3, -0.25) is 4.79 Å². The van der Waals surface area contributed by atoms with Gasteiger partial charge in [0, 0.05) is 17.9 Å². The molecule has 0 fully saturated rings. The first-order valence-electron chi connectivity index (χ1n) is 10.1. The van der Waals surface area contributed by atoms with Crippen molar-refractivity contribution in [1.29, 1.82) is 0 Å². The number of carboxylic acids is 2. The van der Waals surface area contributed by atoms with Crippen molar-refractivity contribution < 1.29 is 29.3 Å². The summed E-state index contributed by atoms with van der Waals surface area (Å²) < 4.78 is 5.43. The van der Waals surface area contributed by atoms with Gasteiger partial charge in [0.05, 0.1) is 0 Å². The van der Waals surface area contributed by atoms with Crippen LogP contribution in [0.3, 0.4) is 0 Å². The van der Waals surface area contributed by atoms with E-state index < -0.39 is 24.1 Å². The highest BCUT2D eigenvalue weighted by atomic mass is 35.5. The predicted octanol–water partition coefficient (Wildman–Crippen LogP) is 5.10. The fraction of sp³-hybridized carbons (Fsp3) is 0.160. The fourth-order valence-corrected chi connectivity index (χ4v) is 3.83. The normalized spacial score (nSPS) is 12.4. The number of hydrogen-bond acceptors (Lipinski definition) is 4. The molecule has 0 saturated heterocycles. The van der Waals surface area contributed by atoms with Gasteiger partial charge in [-0.25, -0.2) is 9.59 Å². The van der Waals surface area contributed by atoms with Crippen LogP contribution in [0, 0.1) is 0 Å². The molecule has 0 aliphatic heterocycles. The molecule has 1 unspecified atom stereocenters. The molecule has 1 aliphatic carbocycles. The Morgan fingerprint density at radius 1 is 0.909 bits per heavy atom. The van der Waals surface area contributed by atoms with E-state index in [0.717, 1.165) is 29.2 Å². The SMILES string of the molecule is CC(=O)O.O=C(NC(C(=O)O)c1ccc(Cl)cc1)OCC1c2ccccc2-c2ccccc21. The summed E-state index contributed by atoms with van der Waals surface area (Å²) >= 11 is 5.85. The molecular formula is C25H22ClNO6. The number of halogens is 1. The second kappa shape index (κ2) is 10.7. The van der Waals surface area contributed by atoms with E-state index in [9.17, 15) is 14.7 Å². The molecule has 170 valence electrons. The van der Waals surface area contributed by atoms with Gasteiger partial charge in [-0.05, 0) is 39.9 Å². The number of alkyl carbamates (subject to hydrolysis) is 1. The summed E-state index contributed by atoms with van der Waals surface area (Å²) in [5, 5.41) is 19.8. The summed E-state index contributed by atoms with van der Waals surface area (Å²) in [6, 6.07) is 21.1. The third kappa shape index (κ3) is 5.90. The van der Waals surface area contributed by atoms with E-state index in [1.54, 1.807) is 24.3 Å². The molecule has 1 amide bonds. The minimum Gasteiger partial charge on any atom is -0.481 e. The topological polar surface area (TPSA) is 113 Å². The van der Waals surface area contributed by atoms with Crippen LogP contribution in [0.4, 0.5) is 4.79 Å². The lowest BCUT2D eigenvalue weighted by Gasteiger charge is -2.17. The number of carbonyl (C=O) groups is 3. The molecule has 3 aromatic rings. The Kier molecular flexibility index (Phi) is 7.69. The summed E-state index contributed by atoms with van der Waals surface area (Å²) in [5.41, 5.74) is 4.85. The number of ether oxygens (including phenoxy) is 1. The number of benzene rings is 3. The Hall–Kier alpha value is -3.84. The maximum absolute atomic E-state index is 12.4. The summed E-state index contributed by atoms with van der Waals surface area (Å²) in [4.78, 5) is 33.0. The second-order valence-corrected chi connectivity index (χ2v) is 7.75. The van der Waals surface area contributed by atoms with E-state index in [1.807, 2.05) is 36.4 Å². The quantitative estimate of drug-likeness (QED) is 0.481. The zero-order valence-electron chi connectivity index (χ0n) is 17.7. The third-order valence-corrected chi connectivity index (χ3v) is 5.31. The standard InChI is InChI=1S/C23H18ClNO4.C2H4O2/c24-15-11-9-14(10-12-15)21(22(26)27)25-23(28)29-13-20-18-7-3-1-5-16(18)17-6-2-4-8-19(17)20;1-2(3)4/h1-12,20-21H,13H2,(H,25,28)(H,26,27);1H3,(H,3,4). The molecule has 0 saturated carbocycles. The number of rotatable bonds is 5. The van der Waals surface area contributed by atoms with Crippen molar-refractivity contribution >= 4 is 29.6 Å². The first kappa shape index (κ1) is 23.8. The zero-order valence-corrected chi connectivity index (χ0v) is 18.5. The Morgan fingerprint density at radius 3 is 1.88 bits per heavy atom. The van der Waals surface area contributed by atoms with E-state index in [2.05, 4.69) is 17.4 Å². The smallest absolute Gasteiger partial charge is 0.408 e. The van der Waals surface area contributed by atoms with Crippen molar-refractivity contribution in [2.24, 2.45) is 0 Å². The maximum Gasteiger partial charge on any atom is 0.408 e. The van der Waals surface area contributed by atoms with Crippen LogP contribution in [0.25, 0.3) is 11.1 Å². The average molecular weight is 468 g/mol. The van der Waals surface area contributed by atoms with Gasteiger partial charge >= 0.3 is 12.1 Å². The number of amides is 1. The highest BCUT2D eigenvalue weighted by molar-refractivity contribution is 6.30. The minimum atomic E-state index is -1.22. The van der Waals surface area contributed by atoms with Crippen molar-refractivity contribution in [1.82, 2.24) is 5.32 Å². The Bertz CT molecular complexity index is 1110. The molecule has 0 heterocycles. The second-order valence-electron chi connectivity index (χ2n) is 7.31. The highest BCUT2D eigenvalue weighted by Gasteiger charge is 2.30. The van der Waals surface area contributed by atoms with Crippen LogP contribution < -0.4 is 5.32 Å². The Balaban J connectivity index is 0.000000709. The van der Waals surface area contributed by atoms with Crippen LogP contribution in [-0.2, 0) is 14.3 Å². The molecule has 0 aromatic heterocycles. The van der Waals surface area contributed by atoms with Crippen molar-refractivity contribution in [2.45, 2.75) is 18.9 Å². The molecule has 3 N–H and O–H groups in total. The van der Waals surface area contributed by atoms with Crippen LogP contribution in [0.15, 0.2) is 72.8 Å². The van der Waals surface area contributed by atoms with Gasteiger partial charge in [0.1, 0.15) is 6.61 Å². The fourth-order valence-electron chi connectivity index (χ4n) is 3.70. The number of hydrogen-bond donors (Lipinski definition) is 3. The molecule has 4 rings (SSSR count). The molecule has 0 spiro atoms. The van der Waals surface area contributed by atoms with Crippen LogP contribution in [0.2, 0.25) is 5.02 Å². The van der Waals surface area contributed by atoms with Crippen molar-refractivity contribution in [3.05, 3.63) is 94.5 Å². The van der Waals surface area contributed by atoms with Crippen LogP contribution in [0.5, 0.6) is 0 Å². The summed E-state index contributed by atoms with van der Waals surface area (Å²) in [5.74, 6) is -2.10. The van der Waals surface area contributed by atoms with Gasteiger partial charge in [0.15, 0.2) is 6.04 Å². The summed E-state index contributed by atoms with van der Waals surface area (Å²) in [6.45, 7) is 1.20. The summed E-state index contributed by atoms with van der Waals surface area (Å²) in [6.07, 6.45) is -0.783. The van der Waals surface area contributed by atoms with Gasteiger partial charge in [-0.2, -0.15) is 0 Å². The lowest BCUT2D eigenvalue weighted by atomic mass is 9.98. The molecular weight excluding hydrogens is 446 g/mol. The minimum absolute atomic E-state index is 0.0908. The van der Waals surface area contributed by atoms with E-state index in [1.165, 1.54) is 0 Å². The van der Waals surface area contributed by atoms with Crippen molar-refractivity contribution in [3.63, 3.8) is 0 Å². The summed E-state index contributed by atoms with van der Waals surface area (Å²) in [7, 11) is 0. The first-order chi connectivity index (χ1) is 15.8. The van der Waals surface area contributed by atoms with Crippen LogP contribution in [-0.4, -0.2) is 34.9 Å². The van der Waals surface area contributed by atoms with Crippen molar-refractivity contribution in [3.8, 4) is 11.1 Å². The lowest BCUT2D eigenvalue weighted by Crippen LogP contribution is -2.34. The van der Waals surface area contributed by atoms with Gasteiger partial charge in [0.2, 0.25) is 0 Å². The zero-order chi connectivity index (χ0) is 24.0. The molecule has 8 heteroatoms. The molecule has 1 atom stereocenters. The van der Waals surface area contributed by atoms with E-state index in [-0.39, 0.29) is 12.5 Å². The molecule has 1 aliphatic rings. The van der Waals surface area contributed by atoms with E-state index in [4.69, 9.17) is 26.2 Å². The molecule has 0 radical (unpaired) electrons. The number of nitrogens with one attached hydrogen (secondary N) is 1. The molecule has 7 nitrogen and oxygen atoms in total.